The summed E-state index contributed by atoms with van der Waals surface area (Å²) >= 11 is 0. The Kier molecular flexibility index (Phi) is 6.62. The first-order valence-corrected chi connectivity index (χ1v) is 12.3. The van der Waals surface area contributed by atoms with Crippen molar-refractivity contribution in [3.63, 3.8) is 0 Å². The standard InChI is InChI=1S/C29H35NO6/c1-7-8-16-9-17(10-22(35-6)27(16)36-15-23(33)34)24-25-18(11-28(2,3)13-20(25)31)30-19-12-29(4,5)14-21(32)26(19)24/h7,9-10,24,30H,1,8,11-15H2,2-6H3,(H,33,34). The number of nitrogens with one attached hydrogen (secondary N) is 1. The number of carboxylic acids is 1. The zero-order chi connectivity index (χ0) is 26.4. The molecule has 2 N–H and O–H groups in total. The minimum atomic E-state index is -1.10. The third-order valence-corrected chi connectivity index (χ3v) is 7.13. The van der Waals surface area contributed by atoms with Gasteiger partial charge >= 0.3 is 5.97 Å². The number of ketones is 2. The lowest BCUT2D eigenvalue weighted by atomic mass is 9.64. The Balaban J connectivity index is 1.94. The number of benzene rings is 1. The van der Waals surface area contributed by atoms with Gasteiger partial charge in [0.2, 0.25) is 0 Å². The van der Waals surface area contributed by atoms with Crippen LogP contribution < -0.4 is 14.8 Å². The normalized spacial score (nSPS) is 20.9. The van der Waals surface area contributed by atoms with Gasteiger partial charge in [0.15, 0.2) is 29.7 Å². The molecule has 3 aliphatic rings. The summed E-state index contributed by atoms with van der Waals surface area (Å²) in [5.41, 5.74) is 4.16. The second-order valence-electron chi connectivity index (χ2n) is 11.6. The average molecular weight is 494 g/mol. The molecule has 0 radical (unpaired) electrons. The van der Waals surface area contributed by atoms with Crippen molar-refractivity contribution in [2.24, 2.45) is 10.8 Å². The van der Waals surface area contributed by atoms with Crippen LogP contribution in [0.1, 0.15) is 70.4 Å². The average Bonchev–Trinajstić information content (AvgIpc) is 2.74. The Morgan fingerprint density at radius 1 is 1.06 bits per heavy atom. The second kappa shape index (κ2) is 9.26. The molecule has 192 valence electrons. The van der Waals surface area contributed by atoms with Gasteiger partial charge in [0.05, 0.1) is 7.11 Å². The Bertz CT molecular complexity index is 1160. The number of methoxy groups -OCH3 is 1. The zero-order valence-corrected chi connectivity index (χ0v) is 21.7. The van der Waals surface area contributed by atoms with E-state index in [2.05, 4.69) is 39.6 Å². The van der Waals surface area contributed by atoms with Crippen molar-refractivity contribution in [1.82, 2.24) is 5.32 Å². The van der Waals surface area contributed by atoms with Crippen molar-refractivity contribution < 1.29 is 29.0 Å². The molecular formula is C29H35NO6. The summed E-state index contributed by atoms with van der Waals surface area (Å²) in [4.78, 5) is 38.3. The van der Waals surface area contributed by atoms with E-state index in [0.717, 1.165) is 17.0 Å². The Labute approximate surface area is 212 Å². The van der Waals surface area contributed by atoms with E-state index in [-0.39, 0.29) is 22.4 Å². The largest absolute Gasteiger partial charge is 0.493 e. The molecule has 0 atom stereocenters. The second-order valence-corrected chi connectivity index (χ2v) is 11.6. The van der Waals surface area contributed by atoms with Crippen LogP contribution in [0.3, 0.4) is 0 Å². The highest BCUT2D eigenvalue weighted by Crippen LogP contribution is 2.52. The predicted molar refractivity (Wildman–Crippen MR) is 136 cm³/mol. The fourth-order valence-electron chi connectivity index (χ4n) is 5.83. The topological polar surface area (TPSA) is 102 Å². The summed E-state index contributed by atoms with van der Waals surface area (Å²) in [6, 6.07) is 3.67. The maximum absolute atomic E-state index is 13.6. The SMILES string of the molecule is C=CCc1cc(C2C3=C(CC(C)(C)CC3=O)NC3=C2C(=O)CC(C)(C)C3)cc(OC)c1OCC(=O)O. The van der Waals surface area contributed by atoms with Crippen molar-refractivity contribution in [2.45, 2.75) is 65.7 Å². The van der Waals surface area contributed by atoms with E-state index in [4.69, 9.17) is 14.6 Å². The molecule has 0 saturated carbocycles. The number of hydrogen-bond donors (Lipinski definition) is 2. The van der Waals surface area contributed by atoms with Crippen LogP contribution in [0.2, 0.25) is 0 Å². The monoisotopic (exact) mass is 493 g/mol. The fourth-order valence-corrected chi connectivity index (χ4v) is 5.83. The van der Waals surface area contributed by atoms with E-state index in [1.54, 1.807) is 12.1 Å². The summed E-state index contributed by atoms with van der Waals surface area (Å²) in [6.07, 6.45) is 4.35. The molecule has 1 aromatic rings. The van der Waals surface area contributed by atoms with E-state index < -0.39 is 18.5 Å². The Hall–Kier alpha value is -3.35. The van der Waals surface area contributed by atoms with Gasteiger partial charge in [0.1, 0.15) is 0 Å². The third-order valence-electron chi connectivity index (χ3n) is 7.13. The molecule has 0 unspecified atom stereocenters. The highest BCUT2D eigenvalue weighted by Gasteiger charge is 2.46. The van der Waals surface area contributed by atoms with Gasteiger partial charge in [-0.1, -0.05) is 39.8 Å². The van der Waals surface area contributed by atoms with Gasteiger partial charge < -0.3 is 19.9 Å². The first-order chi connectivity index (χ1) is 16.9. The minimum absolute atomic E-state index is 0.0402. The number of allylic oxidation sites excluding steroid dienone is 5. The van der Waals surface area contributed by atoms with Gasteiger partial charge in [-0.3, -0.25) is 9.59 Å². The van der Waals surface area contributed by atoms with Crippen LogP contribution >= 0.6 is 0 Å². The predicted octanol–water partition coefficient (Wildman–Crippen LogP) is 4.86. The molecule has 36 heavy (non-hydrogen) atoms. The molecule has 1 aromatic carbocycles. The van der Waals surface area contributed by atoms with Gasteiger partial charge in [-0.25, -0.2) is 4.79 Å². The molecule has 7 heteroatoms. The van der Waals surface area contributed by atoms with Crippen LogP contribution in [0.15, 0.2) is 47.3 Å². The first kappa shape index (κ1) is 25.7. The van der Waals surface area contributed by atoms with Crippen LogP contribution in [0.5, 0.6) is 11.5 Å². The number of Topliss-reactive ketones (excluding diaryl/α,β-unsaturated/α-hetero) is 2. The van der Waals surface area contributed by atoms with E-state index in [0.29, 0.717) is 60.3 Å². The molecule has 7 nitrogen and oxygen atoms in total. The molecule has 1 aliphatic heterocycles. The quantitative estimate of drug-likeness (QED) is 0.523. The number of ether oxygens (including phenoxy) is 2. The molecule has 4 rings (SSSR count). The highest BCUT2D eigenvalue weighted by molar-refractivity contribution is 6.06. The van der Waals surface area contributed by atoms with Gasteiger partial charge in [0.25, 0.3) is 0 Å². The summed E-state index contributed by atoms with van der Waals surface area (Å²) in [7, 11) is 1.49. The maximum Gasteiger partial charge on any atom is 0.341 e. The van der Waals surface area contributed by atoms with E-state index >= 15 is 0 Å². The van der Waals surface area contributed by atoms with Gasteiger partial charge in [-0.15, -0.1) is 6.58 Å². The van der Waals surface area contributed by atoms with Crippen molar-refractivity contribution in [3.05, 3.63) is 58.5 Å². The lowest BCUT2D eigenvalue weighted by molar-refractivity contribution is -0.139. The third kappa shape index (κ3) is 4.84. The number of rotatable bonds is 7. The number of carbonyl (C=O) groups excluding carboxylic acids is 2. The number of dihydropyridines is 1. The summed E-state index contributed by atoms with van der Waals surface area (Å²) in [5, 5.41) is 12.7. The summed E-state index contributed by atoms with van der Waals surface area (Å²) in [5.74, 6) is -0.848. The van der Waals surface area contributed by atoms with Gasteiger partial charge in [0, 0.05) is 46.9 Å². The fraction of sp³-hybridized carbons (Fsp3) is 0.483. The number of carbonyl (C=O) groups is 3. The van der Waals surface area contributed by atoms with Crippen molar-refractivity contribution in [3.8, 4) is 11.5 Å². The minimum Gasteiger partial charge on any atom is -0.493 e. The van der Waals surface area contributed by atoms with E-state index in [1.165, 1.54) is 7.11 Å². The molecule has 0 spiro atoms. The first-order valence-electron chi connectivity index (χ1n) is 12.3. The van der Waals surface area contributed by atoms with Crippen LogP contribution in [0.25, 0.3) is 0 Å². The van der Waals surface area contributed by atoms with Crippen molar-refractivity contribution in [2.75, 3.05) is 13.7 Å². The van der Waals surface area contributed by atoms with Gasteiger partial charge in [-0.05, 0) is 41.7 Å². The highest BCUT2D eigenvalue weighted by atomic mass is 16.5. The van der Waals surface area contributed by atoms with Crippen LogP contribution in [-0.2, 0) is 20.8 Å². The Morgan fingerprint density at radius 3 is 2.08 bits per heavy atom. The summed E-state index contributed by atoms with van der Waals surface area (Å²) in [6.45, 7) is 11.7. The van der Waals surface area contributed by atoms with Crippen molar-refractivity contribution in [1.29, 1.82) is 0 Å². The number of hydrogen-bond acceptors (Lipinski definition) is 6. The molecule has 0 bridgehead atoms. The smallest absolute Gasteiger partial charge is 0.341 e. The lowest BCUT2D eigenvalue weighted by Gasteiger charge is -2.44. The summed E-state index contributed by atoms with van der Waals surface area (Å²) < 4.78 is 11.2. The molecule has 0 amide bonds. The van der Waals surface area contributed by atoms with E-state index in [1.807, 2.05) is 6.07 Å². The van der Waals surface area contributed by atoms with Crippen molar-refractivity contribution >= 4 is 17.5 Å². The maximum atomic E-state index is 13.6. The molecular weight excluding hydrogens is 458 g/mol. The van der Waals surface area contributed by atoms with Gasteiger partial charge in [-0.2, -0.15) is 0 Å². The zero-order valence-electron chi connectivity index (χ0n) is 21.7. The molecule has 1 heterocycles. The lowest BCUT2D eigenvalue weighted by Crippen LogP contribution is -2.42. The molecule has 2 aliphatic carbocycles. The Morgan fingerprint density at radius 2 is 1.61 bits per heavy atom. The van der Waals surface area contributed by atoms with E-state index in [9.17, 15) is 14.4 Å². The van der Waals surface area contributed by atoms with Crippen LogP contribution in [0, 0.1) is 10.8 Å². The van der Waals surface area contributed by atoms with Crippen LogP contribution in [0.4, 0.5) is 0 Å². The number of aliphatic carboxylic acids is 1. The molecule has 0 aromatic heterocycles. The molecule has 0 saturated heterocycles. The number of carboxylic acid groups (broad SMARTS) is 1. The van der Waals surface area contributed by atoms with Crippen LogP contribution in [-0.4, -0.2) is 36.4 Å². The molecule has 0 fully saturated rings.